The summed E-state index contributed by atoms with van der Waals surface area (Å²) >= 11 is 0. The highest BCUT2D eigenvalue weighted by Gasteiger charge is 2.25. The Labute approximate surface area is 105 Å². The second-order valence-electron chi connectivity index (χ2n) is 4.28. The highest BCUT2D eigenvalue weighted by atomic mass is 16.4. The van der Waals surface area contributed by atoms with E-state index in [1.807, 2.05) is 13.0 Å². The largest absolute Gasteiger partial charge is 0.480 e. The van der Waals surface area contributed by atoms with Gasteiger partial charge in [0.15, 0.2) is 6.04 Å². The number of benzene rings is 1. The molecule has 98 valence electrons. The van der Waals surface area contributed by atoms with Gasteiger partial charge in [-0.15, -0.1) is 0 Å². The van der Waals surface area contributed by atoms with Crippen LogP contribution in [0.25, 0.3) is 0 Å². The van der Waals surface area contributed by atoms with Crippen LogP contribution in [0.5, 0.6) is 0 Å². The molecule has 0 saturated carbocycles. The van der Waals surface area contributed by atoms with Crippen molar-refractivity contribution in [3.05, 3.63) is 34.9 Å². The van der Waals surface area contributed by atoms with Crippen LogP contribution in [0.2, 0.25) is 0 Å². The fourth-order valence-electron chi connectivity index (χ4n) is 1.60. The van der Waals surface area contributed by atoms with E-state index in [0.717, 1.165) is 11.1 Å². The van der Waals surface area contributed by atoms with Crippen molar-refractivity contribution in [2.45, 2.75) is 32.9 Å². The number of carbonyl (C=O) groups is 2. The Balaban J connectivity index is 2.94. The summed E-state index contributed by atoms with van der Waals surface area (Å²) in [5, 5.41) is 20.5. The molecular weight excluding hydrogens is 234 g/mol. The van der Waals surface area contributed by atoms with Gasteiger partial charge >= 0.3 is 5.97 Å². The van der Waals surface area contributed by atoms with Crippen LogP contribution in [0.4, 0.5) is 0 Å². The van der Waals surface area contributed by atoms with Crippen molar-refractivity contribution in [2.24, 2.45) is 0 Å². The number of aliphatic carboxylic acids is 1. The number of nitrogens with one attached hydrogen (secondary N) is 1. The number of aliphatic hydroxyl groups excluding tert-OH is 1. The topological polar surface area (TPSA) is 86.6 Å². The van der Waals surface area contributed by atoms with E-state index in [4.69, 9.17) is 5.11 Å². The Morgan fingerprint density at radius 2 is 1.89 bits per heavy atom. The van der Waals surface area contributed by atoms with Gasteiger partial charge in [-0.2, -0.15) is 0 Å². The molecule has 0 heterocycles. The van der Waals surface area contributed by atoms with Gasteiger partial charge in [-0.1, -0.05) is 12.1 Å². The fraction of sp³-hybridized carbons (Fsp3) is 0.385. The van der Waals surface area contributed by atoms with Crippen molar-refractivity contribution in [3.63, 3.8) is 0 Å². The fourth-order valence-corrected chi connectivity index (χ4v) is 1.60. The van der Waals surface area contributed by atoms with E-state index < -0.39 is 24.0 Å². The second kappa shape index (κ2) is 5.64. The Kier molecular flexibility index (Phi) is 4.44. The maximum Gasteiger partial charge on any atom is 0.328 e. The minimum absolute atomic E-state index is 0.418. The first-order valence-corrected chi connectivity index (χ1v) is 5.62. The molecule has 0 spiro atoms. The summed E-state index contributed by atoms with van der Waals surface area (Å²) in [6, 6.07) is 3.92. The lowest BCUT2D eigenvalue weighted by Crippen LogP contribution is -2.47. The average Bonchev–Trinajstić information content (AvgIpc) is 2.28. The van der Waals surface area contributed by atoms with Gasteiger partial charge in [0.1, 0.15) is 0 Å². The summed E-state index contributed by atoms with van der Waals surface area (Å²) in [7, 11) is 0. The molecule has 18 heavy (non-hydrogen) atoms. The molecule has 0 aliphatic carbocycles. The molecule has 0 radical (unpaired) electrons. The number of hydrogen-bond donors (Lipinski definition) is 3. The van der Waals surface area contributed by atoms with Crippen LogP contribution in [-0.4, -0.2) is 34.2 Å². The zero-order valence-corrected chi connectivity index (χ0v) is 10.6. The standard InChI is InChI=1S/C13H17NO4/c1-7-5-4-6-10(8(7)2)12(16)14-11(9(3)15)13(17)18/h4-6,9,11,15H,1-3H3,(H,14,16)(H,17,18). The molecular formula is C13H17NO4. The van der Waals surface area contributed by atoms with E-state index in [1.54, 1.807) is 19.1 Å². The monoisotopic (exact) mass is 251 g/mol. The Morgan fingerprint density at radius 3 is 2.39 bits per heavy atom. The van der Waals surface area contributed by atoms with Crippen LogP contribution in [0.3, 0.4) is 0 Å². The van der Waals surface area contributed by atoms with E-state index >= 15 is 0 Å². The molecule has 0 saturated heterocycles. The van der Waals surface area contributed by atoms with E-state index in [0.29, 0.717) is 5.56 Å². The molecule has 2 unspecified atom stereocenters. The third-order valence-electron chi connectivity index (χ3n) is 2.88. The number of rotatable bonds is 4. The molecule has 1 rings (SSSR count). The predicted molar refractivity (Wildman–Crippen MR) is 66.5 cm³/mol. The van der Waals surface area contributed by atoms with Crippen molar-refractivity contribution in [1.29, 1.82) is 0 Å². The lowest BCUT2D eigenvalue weighted by atomic mass is 10.0. The van der Waals surface area contributed by atoms with Gasteiger partial charge in [-0.3, -0.25) is 4.79 Å². The van der Waals surface area contributed by atoms with Gasteiger partial charge in [0, 0.05) is 5.56 Å². The Hall–Kier alpha value is -1.88. The molecule has 5 heteroatoms. The first-order chi connectivity index (χ1) is 8.34. The van der Waals surface area contributed by atoms with E-state index in [1.165, 1.54) is 6.92 Å². The van der Waals surface area contributed by atoms with Gasteiger partial charge < -0.3 is 15.5 Å². The molecule has 2 atom stereocenters. The summed E-state index contributed by atoms with van der Waals surface area (Å²) in [6.45, 7) is 4.99. The highest BCUT2D eigenvalue weighted by molar-refractivity contribution is 5.98. The van der Waals surface area contributed by atoms with Gasteiger partial charge in [-0.25, -0.2) is 4.79 Å². The quantitative estimate of drug-likeness (QED) is 0.741. The summed E-state index contributed by atoms with van der Waals surface area (Å²) in [5.41, 5.74) is 2.17. The van der Waals surface area contributed by atoms with Crippen molar-refractivity contribution >= 4 is 11.9 Å². The average molecular weight is 251 g/mol. The molecule has 0 aliphatic rings. The number of carboxylic acids is 1. The van der Waals surface area contributed by atoms with Crippen LogP contribution in [-0.2, 0) is 4.79 Å². The number of aliphatic hydroxyl groups is 1. The molecule has 1 aromatic carbocycles. The second-order valence-corrected chi connectivity index (χ2v) is 4.28. The molecule has 0 aromatic heterocycles. The number of amides is 1. The highest BCUT2D eigenvalue weighted by Crippen LogP contribution is 2.12. The van der Waals surface area contributed by atoms with E-state index in [2.05, 4.69) is 5.32 Å². The van der Waals surface area contributed by atoms with Crippen LogP contribution < -0.4 is 5.32 Å². The van der Waals surface area contributed by atoms with Crippen molar-refractivity contribution < 1.29 is 19.8 Å². The first kappa shape index (κ1) is 14.2. The molecule has 1 amide bonds. The van der Waals surface area contributed by atoms with Crippen molar-refractivity contribution in [2.75, 3.05) is 0 Å². The van der Waals surface area contributed by atoms with Crippen molar-refractivity contribution in [3.8, 4) is 0 Å². The van der Waals surface area contributed by atoms with Gasteiger partial charge in [-0.05, 0) is 38.0 Å². The Morgan fingerprint density at radius 1 is 1.28 bits per heavy atom. The number of carboxylic acid groups (broad SMARTS) is 1. The third-order valence-corrected chi connectivity index (χ3v) is 2.88. The summed E-state index contributed by atoms with van der Waals surface area (Å²) in [6.07, 6.45) is -1.16. The smallest absolute Gasteiger partial charge is 0.328 e. The number of aryl methyl sites for hydroxylation is 1. The SMILES string of the molecule is Cc1cccc(C(=O)NC(C(=O)O)C(C)O)c1C. The Bertz CT molecular complexity index is 468. The van der Waals surface area contributed by atoms with E-state index in [-0.39, 0.29) is 0 Å². The lowest BCUT2D eigenvalue weighted by molar-refractivity contribution is -0.141. The van der Waals surface area contributed by atoms with Gasteiger partial charge in [0.2, 0.25) is 0 Å². The maximum absolute atomic E-state index is 12.0. The first-order valence-electron chi connectivity index (χ1n) is 5.62. The van der Waals surface area contributed by atoms with Crippen molar-refractivity contribution in [1.82, 2.24) is 5.32 Å². The summed E-state index contributed by atoms with van der Waals surface area (Å²) < 4.78 is 0. The van der Waals surface area contributed by atoms with Crippen LogP contribution >= 0.6 is 0 Å². The maximum atomic E-state index is 12.0. The molecule has 0 fully saturated rings. The predicted octanol–water partition coefficient (Wildman–Crippen LogP) is 0.867. The van der Waals surface area contributed by atoms with Crippen LogP contribution in [0.15, 0.2) is 18.2 Å². The number of hydrogen-bond acceptors (Lipinski definition) is 3. The van der Waals surface area contributed by atoms with Gasteiger partial charge in [0.25, 0.3) is 5.91 Å². The minimum Gasteiger partial charge on any atom is -0.480 e. The summed E-state index contributed by atoms with van der Waals surface area (Å²) in [4.78, 5) is 22.8. The van der Waals surface area contributed by atoms with E-state index in [9.17, 15) is 14.7 Å². The normalized spacial score (nSPS) is 13.8. The zero-order valence-electron chi connectivity index (χ0n) is 10.6. The van der Waals surface area contributed by atoms with Gasteiger partial charge in [0.05, 0.1) is 6.10 Å². The van der Waals surface area contributed by atoms with Crippen LogP contribution in [0.1, 0.15) is 28.4 Å². The third kappa shape index (κ3) is 3.07. The minimum atomic E-state index is -1.31. The lowest BCUT2D eigenvalue weighted by Gasteiger charge is -2.18. The summed E-state index contributed by atoms with van der Waals surface area (Å²) in [5.74, 6) is -1.76. The van der Waals surface area contributed by atoms with Crippen LogP contribution in [0, 0.1) is 13.8 Å². The zero-order chi connectivity index (χ0) is 13.9. The molecule has 0 bridgehead atoms. The molecule has 3 N–H and O–H groups in total. The molecule has 0 aliphatic heterocycles. The molecule has 1 aromatic rings. The number of carbonyl (C=O) groups excluding carboxylic acids is 1. The molecule has 5 nitrogen and oxygen atoms in total.